The maximum absolute atomic E-state index is 10.1. The quantitative estimate of drug-likeness (QED) is 0.806. The Morgan fingerprint density at radius 2 is 1.93 bits per heavy atom. The van der Waals surface area contributed by atoms with Gasteiger partial charge in [0.15, 0.2) is 0 Å². The molecule has 0 aliphatic carbocycles. The summed E-state index contributed by atoms with van der Waals surface area (Å²) < 4.78 is 1.72. The van der Waals surface area contributed by atoms with Crippen molar-refractivity contribution >= 4 is 0 Å². The van der Waals surface area contributed by atoms with E-state index in [0.717, 1.165) is 16.8 Å². The van der Waals surface area contributed by atoms with Crippen molar-refractivity contribution in [2.24, 2.45) is 7.05 Å². The zero-order valence-corrected chi connectivity index (χ0v) is 8.88. The van der Waals surface area contributed by atoms with Gasteiger partial charge in [-0.3, -0.25) is 4.68 Å². The lowest BCUT2D eigenvalue weighted by Gasteiger charge is -2.09. The molecule has 15 heavy (non-hydrogen) atoms. The Balaban J connectivity index is 2.36. The Bertz CT molecular complexity index is 448. The van der Waals surface area contributed by atoms with E-state index in [4.69, 9.17) is 0 Å². The highest BCUT2D eigenvalue weighted by Gasteiger charge is 2.14. The number of hydrogen-bond acceptors (Lipinski definition) is 2. The molecule has 2 aromatic rings. The molecule has 1 N–H and O–H groups in total. The second-order valence-electron chi connectivity index (χ2n) is 3.66. The average Bonchev–Trinajstić information content (AvgIpc) is 2.58. The summed E-state index contributed by atoms with van der Waals surface area (Å²) in [6.07, 6.45) is 1.27. The van der Waals surface area contributed by atoms with Crippen LogP contribution in [0.3, 0.4) is 0 Å². The molecule has 1 unspecified atom stereocenters. The third-order valence-electron chi connectivity index (χ3n) is 2.46. The van der Waals surface area contributed by atoms with Crippen LogP contribution in [0, 0.1) is 6.92 Å². The first-order chi connectivity index (χ1) is 7.18. The van der Waals surface area contributed by atoms with Crippen LogP contribution in [-0.4, -0.2) is 14.9 Å². The lowest BCUT2D eigenvalue weighted by molar-refractivity contribution is 0.219. The summed E-state index contributed by atoms with van der Waals surface area (Å²) in [7, 11) is 1.86. The molecular formula is C12H14N2O. The first-order valence-corrected chi connectivity index (χ1v) is 4.91. The van der Waals surface area contributed by atoms with E-state index in [1.54, 1.807) is 4.68 Å². The predicted molar refractivity (Wildman–Crippen MR) is 58.4 cm³/mol. The van der Waals surface area contributed by atoms with Crippen LogP contribution in [0.2, 0.25) is 0 Å². The van der Waals surface area contributed by atoms with E-state index in [2.05, 4.69) is 5.10 Å². The number of aliphatic hydroxyl groups is 1. The summed E-state index contributed by atoms with van der Waals surface area (Å²) in [4.78, 5) is 0. The molecule has 78 valence electrons. The predicted octanol–water partition coefficient (Wildman–Crippen LogP) is 1.81. The van der Waals surface area contributed by atoms with Gasteiger partial charge < -0.3 is 5.11 Å². The van der Waals surface area contributed by atoms with Gasteiger partial charge in [0.2, 0.25) is 0 Å². The maximum Gasteiger partial charge on any atom is 0.107 e. The van der Waals surface area contributed by atoms with Crippen LogP contribution in [0.4, 0.5) is 0 Å². The van der Waals surface area contributed by atoms with E-state index in [0.29, 0.717) is 0 Å². The summed E-state index contributed by atoms with van der Waals surface area (Å²) >= 11 is 0. The molecule has 1 aromatic heterocycles. The summed E-state index contributed by atoms with van der Waals surface area (Å²) in [6.45, 7) is 1.90. The molecule has 0 spiro atoms. The molecule has 0 saturated heterocycles. The van der Waals surface area contributed by atoms with Gasteiger partial charge in [0, 0.05) is 18.8 Å². The lowest BCUT2D eigenvalue weighted by atomic mass is 10.0. The van der Waals surface area contributed by atoms with Gasteiger partial charge in [-0.05, 0) is 12.5 Å². The number of aryl methyl sites for hydroxylation is 2. The Morgan fingerprint density at radius 3 is 2.47 bits per heavy atom. The molecule has 2 rings (SSSR count). The molecule has 0 fully saturated rings. The first kappa shape index (κ1) is 9.93. The number of hydrogen-bond donors (Lipinski definition) is 1. The Kier molecular flexibility index (Phi) is 2.56. The molecule has 0 bridgehead atoms. The van der Waals surface area contributed by atoms with Crippen molar-refractivity contribution in [2.75, 3.05) is 0 Å². The van der Waals surface area contributed by atoms with Crippen molar-refractivity contribution in [3.05, 3.63) is 53.3 Å². The van der Waals surface area contributed by atoms with Crippen molar-refractivity contribution in [3.8, 4) is 0 Å². The summed E-state index contributed by atoms with van der Waals surface area (Å²) in [5, 5.41) is 14.3. The van der Waals surface area contributed by atoms with Crippen LogP contribution in [0.5, 0.6) is 0 Å². The third-order valence-corrected chi connectivity index (χ3v) is 2.46. The molecule has 0 aliphatic heterocycles. The fourth-order valence-corrected chi connectivity index (χ4v) is 1.70. The average molecular weight is 202 g/mol. The SMILES string of the molecule is Cc1nn(C)cc1C(O)c1ccccc1. The molecule has 3 nitrogen and oxygen atoms in total. The molecular weight excluding hydrogens is 188 g/mol. The third kappa shape index (κ3) is 1.92. The normalized spacial score (nSPS) is 12.7. The summed E-state index contributed by atoms with van der Waals surface area (Å²) in [6, 6.07) is 9.61. The topological polar surface area (TPSA) is 38.0 Å². The highest BCUT2D eigenvalue weighted by atomic mass is 16.3. The minimum Gasteiger partial charge on any atom is -0.384 e. The standard InChI is InChI=1S/C12H14N2O/c1-9-11(8-14(2)13-9)12(15)10-6-4-3-5-7-10/h3-8,12,15H,1-2H3. The fourth-order valence-electron chi connectivity index (χ4n) is 1.70. The van der Waals surface area contributed by atoms with Gasteiger partial charge in [0.1, 0.15) is 6.10 Å². The van der Waals surface area contributed by atoms with Gasteiger partial charge in [0.05, 0.1) is 5.69 Å². The van der Waals surface area contributed by atoms with Crippen molar-refractivity contribution < 1.29 is 5.11 Å². The van der Waals surface area contributed by atoms with E-state index >= 15 is 0 Å². The zero-order valence-electron chi connectivity index (χ0n) is 8.88. The van der Waals surface area contributed by atoms with E-state index in [9.17, 15) is 5.11 Å². The minimum absolute atomic E-state index is 0.583. The second kappa shape index (κ2) is 3.87. The van der Waals surface area contributed by atoms with Crippen LogP contribution < -0.4 is 0 Å². The number of benzene rings is 1. The fraction of sp³-hybridized carbons (Fsp3) is 0.250. The van der Waals surface area contributed by atoms with E-state index in [1.165, 1.54) is 0 Å². The summed E-state index contributed by atoms with van der Waals surface area (Å²) in [5.74, 6) is 0. The Labute approximate surface area is 89.0 Å². The zero-order chi connectivity index (χ0) is 10.8. The molecule has 0 radical (unpaired) electrons. The Morgan fingerprint density at radius 1 is 1.27 bits per heavy atom. The van der Waals surface area contributed by atoms with E-state index < -0.39 is 6.10 Å². The monoisotopic (exact) mass is 202 g/mol. The van der Waals surface area contributed by atoms with Gasteiger partial charge in [-0.15, -0.1) is 0 Å². The number of nitrogens with zero attached hydrogens (tertiary/aromatic N) is 2. The van der Waals surface area contributed by atoms with Crippen molar-refractivity contribution in [2.45, 2.75) is 13.0 Å². The highest BCUT2D eigenvalue weighted by molar-refractivity contribution is 5.30. The highest BCUT2D eigenvalue weighted by Crippen LogP contribution is 2.23. The molecule has 0 aliphatic rings. The smallest absolute Gasteiger partial charge is 0.107 e. The van der Waals surface area contributed by atoms with Crippen LogP contribution >= 0.6 is 0 Å². The minimum atomic E-state index is -0.583. The van der Waals surface area contributed by atoms with Gasteiger partial charge >= 0.3 is 0 Å². The van der Waals surface area contributed by atoms with E-state index in [1.807, 2.05) is 50.5 Å². The number of aliphatic hydroxyl groups excluding tert-OH is 1. The summed E-state index contributed by atoms with van der Waals surface area (Å²) in [5.41, 5.74) is 2.63. The first-order valence-electron chi connectivity index (χ1n) is 4.91. The van der Waals surface area contributed by atoms with Gasteiger partial charge in [0.25, 0.3) is 0 Å². The molecule has 1 aromatic carbocycles. The van der Waals surface area contributed by atoms with Gasteiger partial charge in [-0.2, -0.15) is 5.10 Å². The molecule has 1 heterocycles. The lowest BCUT2D eigenvalue weighted by Crippen LogP contribution is -1.99. The van der Waals surface area contributed by atoms with Crippen molar-refractivity contribution in [1.82, 2.24) is 9.78 Å². The second-order valence-corrected chi connectivity index (χ2v) is 3.66. The van der Waals surface area contributed by atoms with Crippen LogP contribution in [0.15, 0.2) is 36.5 Å². The molecule has 0 amide bonds. The van der Waals surface area contributed by atoms with Crippen molar-refractivity contribution in [1.29, 1.82) is 0 Å². The maximum atomic E-state index is 10.1. The Hall–Kier alpha value is -1.61. The van der Waals surface area contributed by atoms with Crippen LogP contribution in [0.25, 0.3) is 0 Å². The largest absolute Gasteiger partial charge is 0.384 e. The van der Waals surface area contributed by atoms with E-state index in [-0.39, 0.29) is 0 Å². The van der Waals surface area contributed by atoms with Crippen LogP contribution in [0.1, 0.15) is 22.9 Å². The number of rotatable bonds is 2. The van der Waals surface area contributed by atoms with Crippen molar-refractivity contribution in [3.63, 3.8) is 0 Å². The van der Waals surface area contributed by atoms with Gasteiger partial charge in [-0.25, -0.2) is 0 Å². The molecule has 1 atom stereocenters. The number of aromatic nitrogens is 2. The molecule has 0 saturated carbocycles. The molecule has 3 heteroatoms. The van der Waals surface area contributed by atoms with Crippen LogP contribution in [-0.2, 0) is 7.05 Å². The van der Waals surface area contributed by atoms with Gasteiger partial charge in [-0.1, -0.05) is 30.3 Å².